The molecule has 0 aromatic carbocycles. The normalized spacial score (nSPS) is 19.8. The Morgan fingerprint density at radius 1 is 1.50 bits per heavy atom. The highest BCUT2D eigenvalue weighted by Crippen LogP contribution is 1.96. The molecule has 10 heavy (non-hydrogen) atoms. The summed E-state index contributed by atoms with van der Waals surface area (Å²) in [6.45, 7) is 5.80. The third kappa shape index (κ3) is 1.84. The summed E-state index contributed by atoms with van der Waals surface area (Å²) in [6.07, 6.45) is 1.91. The molecule has 0 spiro atoms. The molecule has 0 fully saturated rings. The Morgan fingerprint density at radius 3 is 3.10 bits per heavy atom. The summed E-state index contributed by atoms with van der Waals surface area (Å²) in [5, 5.41) is 0. The maximum atomic E-state index is 4.18. The van der Waals surface area contributed by atoms with Crippen molar-refractivity contribution in [3.63, 3.8) is 0 Å². The van der Waals surface area contributed by atoms with E-state index in [0.29, 0.717) is 0 Å². The molecule has 0 radical (unpaired) electrons. The molecule has 0 aliphatic carbocycles. The number of aliphatic imine (C=N–C) groups is 1. The fourth-order valence-corrected chi connectivity index (χ4v) is 0.712. The Kier molecular flexibility index (Phi) is 2.45. The van der Waals surface area contributed by atoms with Gasteiger partial charge in [-0.1, -0.05) is 0 Å². The number of nitrogens with one attached hydrogen (secondary N) is 2. The van der Waals surface area contributed by atoms with Gasteiger partial charge in [0.25, 0.3) is 0 Å². The molecule has 0 bridgehead atoms. The zero-order chi connectivity index (χ0) is 7.40. The molecule has 0 saturated heterocycles. The second-order valence-corrected chi connectivity index (χ2v) is 2.40. The number of hydrazine groups is 1. The lowest BCUT2D eigenvalue weighted by Crippen LogP contribution is -2.33. The Morgan fingerprint density at radius 2 is 2.30 bits per heavy atom. The molecule has 0 unspecified atom stereocenters. The van der Waals surface area contributed by atoms with Crippen molar-refractivity contribution in [1.82, 2.24) is 10.9 Å². The van der Waals surface area contributed by atoms with E-state index < -0.39 is 0 Å². The predicted octanol–water partition coefficient (Wildman–Crippen LogP) is 0.459. The Balaban J connectivity index is 2.67. The van der Waals surface area contributed by atoms with Crippen LogP contribution in [0.15, 0.2) is 16.3 Å². The van der Waals surface area contributed by atoms with Gasteiger partial charge in [-0.05, 0) is 19.4 Å². The molecule has 2 N–H and O–H groups in total. The summed E-state index contributed by atoms with van der Waals surface area (Å²) in [5.41, 5.74) is 8.45. The molecule has 1 aliphatic rings. The van der Waals surface area contributed by atoms with Crippen LogP contribution in [-0.4, -0.2) is 19.3 Å². The predicted molar refractivity (Wildman–Crippen MR) is 42.9 cm³/mol. The fourth-order valence-electron chi connectivity index (χ4n) is 0.712. The fraction of sp³-hybridized carbons (Fsp3) is 0.571. The lowest BCUT2D eigenvalue weighted by Gasteiger charge is -2.11. The summed E-state index contributed by atoms with van der Waals surface area (Å²) in [6, 6.07) is 0. The first-order valence-electron chi connectivity index (χ1n) is 3.47. The first-order valence-corrected chi connectivity index (χ1v) is 3.47. The maximum absolute atomic E-state index is 4.18. The molecular formula is C7H13N3. The van der Waals surface area contributed by atoms with Crippen molar-refractivity contribution in [2.24, 2.45) is 4.99 Å². The lowest BCUT2D eigenvalue weighted by molar-refractivity contribution is 0.601. The van der Waals surface area contributed by atoms with Gasteiger partial charge in [0, 0.05) is 18.5 Å². The van der Waals surface area contributed by atoms with E-state index >= 15 is 0 Å². The zero-order valence-corrected chi connectivity index (χ0v) is 6.44. The molecule has 0 aromatic heterocycles. The highest BCUT2D eigenvalue weighted by Gasteiger charge is 1.94. The van der Waals surface area contributed by atoms with E-state index in [9.17, 15) is 0 Å². The third-order valence-corrected chi connectivity index (χ3v) is 1.52. The van der Waals surface area contributed by atoms with Crippen molar-refractivity contribution < 1.29 is 0 Å². The van der Waals surface area contributed by atoms with Crippen molar-refractivity contribution in [1.29, 1.82) is 0 Å². The van der Waals surface area contributed by atoms with Gasteiger partial charge in [0.1, 0.15) is 0 Å². The van der Waals surface area contributed by atoms with Crippen LogP contribution < -0.4 is 10.9 Å². The molecule has 3 nitrogen and oxygen atoms in total. The van der Waals surface area contributed by atoms with Crippen LogP contribution in [0.25, 0.3) is 0 Å². The minimum Gasteiger partial charge on any atom is -0.326 e. The van der Waals surface area contributed by atoms with E-state index in [0.717, 1.165) is 18.8 Å². The SMILES string of the molecule is CC1=C(C)NNCCN=C1. The molecule has 56 valence electrons. The van der Waals surface area contributed by atoms with E-state index in [-0.39, 0.29) is 0 Å². The molecule has 0 amide bonds. The van der Waals surface area contributed by atoms with Crippen LogP contribution in [0.4, 0.5) is 0 Å². The summed E-state index contributed by atoms with van der Waals surface area (Å²) in [7, 11) is 0. The van der Waals surface area contributed by atoms with Gasteiger partial charge < -0.3 is 5.43 Å². The highest BCUT2D eigenvalue weighted by molar-refractivity contribution is 5.78. The van der Waals surface area contributed by atoms with Crippen LogP contribution >= 0.6 is 0 Å². The Bertz CT molecular complexity index is 170. The number of hydrogen-bond donors (Lipinski definition) is 2. The van der Waals surface area contributed by atoms with Crippen molar-refractivity contribution in [3.8, 4) is 0 Å². The standard InChI is InChI=1S/C7H13N3/c1-6-5-8-3-4-9-10-7(6)2/h5,9-10H,3-4H2,1-2H3. The molecule has 1 rings (SSSR count). The van der Waals surface area contributed by atoms with Gasteiger partial charge in [0.2, 0.25) is 0 Å². The average molecular weight is 139 g/mol. The Labute approximate surface area is 61.2 Å². The highest BCUT2D eigenvalue weighted by atomic mass is 15.4. The molecule has 1 aliphatic heterocycles. The average Bonchev–Trinajstić information content (AvgIpc) is 1.92. The lowest BCUT2D eigenvalue weighted by atomic mass is 10.2. The van der Waals surface area contributed by atoms with E-state index in [1.165, 1.54) is 5.57 Å². The van der Waals surface area contributed by atoms with Gasteiger partial charge in [0.15, 0.2) is 0 Å². The third-order valence-electron chi connectivity index (χ3n) is 1.52. The minimum absolute atomic E-state index is 0.845. The number of nitrogens with zero attached hydrogens (tertiary/aromatic N) is 1. The van der Waals surface area contributed by atoms with Gasteiger partial charge in [-0.3, -0.25) is 4.99 Å². The summed E-state index contributed by atoms with van der Waals surface area (Å²) in [4.78, 5) is 4.18. The second-order valence-electron chi connectivity index (χ2n) is 2.40. The van der Waals surface area contributed by atoms with Crippen molar-refractivity contribution in [2.75, 3.05) is 13.1 Å². The van der Waals surface area contributed by atoms with Crippen LogP contribution in [0, 0.1) is 0 Å². The van der Waals surface area contributed by atoms with E-state index in [1.807, 2.05) is 20.1 Å². The van der Waals surface area contributed by atoms with Gasteiger partial charge in [0.05, 0.1) is 6.54 Å². The smallest absolute Gasteiger partial charge is 0.0532 e. The van der Waals surface area contributed by atoms with Gasteiger partial charge >= 0.3 is 0 Å². The molecule has 1 heterocycles. The van der Waals surface area contributed by atoms with Gasteiger partial charge in [-0.25, -0.2) is 5.43 Å². The van der Waals surface area contributed by atoms with Crippen LogP contribution in [0.3, 0.4) is 0 Å². The topological polar surface area (TPSA) is 36.4 Å². The van der Waals surface area contributed by atoms with Crippen LogP contribution in [-0.2, 0) is 0 Å². The molecule has 0 atom stereocenters. The summed E-state index contributed by atoms with van der Waals surface area (Å²) in [5.74, 6) is 0. The maximum Gasteiger partial charge on any atom is 0.0532 e. The number of allylic oxidation sites excluding steroid dienone is 2. The zero-order valence-electron chi connectivity index (χ0n) is 6.44. The van der Waals surface area contributed by atoms with E-state index in [4.69, 9.17) is 0 Å². The minimum atomic E-state index is 0.845. The number of rotatable bonds is 0. The first kappa shape index (κ1) is 7.28. The van der Waals surface area contributed by atoms with Crippen LogP contribution in [0.2, 0.25) is 0 Å². The van der Waals surface area contributed by atoms with E-state index in [2.05, 4.69) is 15.8 Å². The summed E-state index contributed by atoms with van der Waals surface area (Å²) >= 11 is 0. The van der Waals surface area contributed by atoms with Crippen molar-refractivity contribution >= 4 is 6.21 Å². The van der Waals surface area contributed by atoms with E-state index in [1.54, 1.807) is 0 Å². The molecular weight excluding hydrogens is 126 g/mol. The molecule has 0 saturated carbocycles. The monoisotopic (exact) mass is 139 g/mol. The van der Waals surface area contributed by atoms with Crippen LogP contribution in [0.5, 0.6) is 0 Å². The van der Waals surface area contributed by atoms with Crippen molar-refractivity contribution in [3.05, 3.63) is 11.3 Å². The van der Waals surface area contributed by atoms with Crippen LogP contribution in [0.1, 0.15) is 13.8 Å². The second kappa shape index (κ2) is 3.37. The summed E-state index contributed by atoms with van der Waals surface area (Å²) < 4.78 is 0. The van der Waals surface area contributed by atoms with Gasteiger partial charge in [-0.15, -0.1) is 0 Å². The number of hydrogen-bond acceptors (Lipinski definition) is 3. The molecule has 3 heteroatoms. The van der Waals surface area contributed by atoms with Crippen molar-refractivity contribution in [2.45, 2.75) is 13.8 Å². The van der Waals surface area contributed by atoms with Gasteiger partial charge in [-0.2, -0.15) is 0 Å². The Hall–Kier alpha value is -0.830. The quantitative estimate of drug-likeness (QED) is 0.511. The molecule has 0 aromatic rings. The first-order chi connectivity index (χ1) is 4.80. The largest absolute Gasteiger partial charge is 0.326 e.